The molecule has 2 aromatic carbocycles. The van der Waals surface area contributed by atoms with E-state index in [4.69, 9.17) is 23.2 Å². The lowest BCUT2D eigenvalue weighted by molar-refractivity contribution is 0.579. The van der Waals surface area contributed by atoms with Crippen LogP contribution in [0.1, 0.15) is 18.5 Å². The van der Waals surface area contributed by atoms with Crippen molar-refractivity contribution >= 4 is 44.8 Å². The van der Waals surface area contributed by atoms with E-state index in [0.717, 1.165) is 11.6 Å². The number of halogens is 5. The SMILES string of the molecule is CC(Nc1cc(Br)c(F)cc1F)c1cc(Cl)ccc1Cl. The Morgan fingerprint density at radius 2 is 1.80 bits per heavy atom. The largest absolute Gasteiger partial charge is 0.376 e. The summed E-state index contributed by atoms with van der Waals surface area (Å²) in [6, 6.07) is 6.94. The first kappa shape index (κ1) is 15.5. The van der Waals surface area contributed by atoms with Gasteiger partial charge in [0.05, 0.1) is 16.2 Å². The molecule has 0 aliphatic heterocycles. The molecule has 1 atom stereocenters. The molecule has 0 aliphatic carbocycles. The normalized spacial score (nSPS) is 12.3. The van der Waals surface area contributed by atoms with Crippen LogP contribution in [0, 0.1) is 11.6 Å². The number of benzene rings is 2. The summed E-state index contributed by atoms with van der Waals surface area (Å²) in [7, 11) is 0. The smallest absolute Gasteiger partial charge is 0.149 e. The van der Waals surface area contributed by atoms with E-state index < -0.39 is 11.6 Å². The van der Waals surface area contributed by atoms with Gasteiger partial charge in [-0.05, 0) is 52.7 Å². The molecule has 0 saturated carbocycles. The molecule has 0 aromatic heterocycles. The first-order valence-electron chi connectivity index (χ1n) is 5.74. The van der Waals surface area contributed by atoms with Crippen LogP contribution in [0.4, 0.5) is 14.5 Å². The summed E-state index contributed by atoms with van der Waals surface area (Å²) < 4.78 is 27.1. The Hall–Kier alpha value is -0.840. The summed E-state index contributed by atoms with van der Waals surface area (Å²) in [4.78, 5) is 0. The van der Waals surface area contributed by atoms with Crippen molar-refractivity contribution in [3.05, 3.63) is 62.0 Å². The summed E-state index contributed by atoms with van der Waals surface area (Å²) in [6.45, 7) is 1.81. The molecular weight excluding hydrogens is 371 g/mol. The average Bonchev–Trinajstić information content (AvgIpc) is 2.38. The van der Waals surface area contributed by atoms with Crippen LogP contribution in [0.15, 0.2) is 34.8 Å². The third-order valence-corrected chi connectivity index (χ3v) is 3.99. The Morgan fingerprint density at radius 3 is 2.50 bits per heavy atom. The van der Waals surface area contributed by atoms with Gasteiger partial charge in [0.2, 0.25) is 0 Å². The molecule has 2 aromatic rings. The first-order valence-corrected chi connectivity index (χ1v) is 7.29. The Labute approximate surface area is 134 Å². The zero-order valence-electron chi connectivity index (χ0n) is 10.4. The van der Waals surface area contributed by atoms with Gasteiger partial charge in [0, 0.05) is 16.1 Å². The second-order valence-corrected chi connectivity index (χ2v) is 5.98. The Bertz CT molecular complexity index is 649. The number of anilines is 1. The third kappa shape index (κ3) is 3.43. The molecular formula is C14H10BrCl2F2N. The molecule has 1 unspecified atom stereocenters. The predicted octanol–water partition coefficient (Wildman–Crippen LogP) is 6.21. The van der Waals surface area contributed by atoms with Crippen molar-refractivity contribution in [2.45, 2.75) is 13.0 Å². The van der Waals surface area contributed by atoms with Gasteiger partial charge in [-0.2, -0.15) is 0 Å². The van der Waals surface area contributed by atoms with E-state index in [2.05, 4.69) is 21.2 Å². The molecule has 0 radical (unpaired) electrons. The minimum absolute atomic E-state index is 0.182. The maximum Gasteiger partial charge on any atom is 0.149 e. The average molecular weight is 381 g/mol. The zero-order chi connectivity index (χ0) is 14.9. The van der Waals surface area contributed by atoms with E-state index in [1.807, 2.05) is 6.92 Å². The van der Waals surface area contributed by atoms with Crippen molar-refractivity contribution in [1.29, 1.82) is 0 Å². The minimum Gasteiger partial charge on any atom is -0.376 e. The molecule has 1 N–H and O–H groups in total. The third-order valence-electron chi connectivity index (χ3n) is 2.81. The van der Waals surface area contributed by atoms with Gasteiger partial charge < -0.3 is 5.32 Å². The van der Waals surface area contributed by atoms with Crippen LogP contribution in [-0.2, 0) is 0 Å². The second kappa shape index (κ2) is 6.29. The summed E-state index contributed by atoms with van der Waals surface area (Å²) in [5, 5.41) is 4.01. The van der Waals surface area contributed by atoms with Crippen LogP contribution in [0.5, 0.6) is 0 Å². The van der Waals surface area contributed by atoms with Crippen molar-refractivity contribution < 1.29 is 8.78 Å². The summed E-state index contributed by atoms with van der Waals surface area (Å²) in [5.74, 6) is -1.32. The van der Waals surface area contributed by atoms with Gasteiger partial charge >= 0.3 is 0 Å². The quantitative estimate of drug-likeness (QED) is 0.624. The molecule has 0 fully saturated rings. The van der Waals surface area contributed by atoms with Crippen LogP contribution in [-0.4, -0.2) is 0 Å². The standard InChI is InChI=1S/C14H10BrCl2F2N/c1-7(9-4-8(16)2-3-11(9)17)20-14-5-10(15)12(18)6-13(14)19/h2-7,20H,1H3. The van der Waals surface area contributed by atoms with Gasteiger partial charge in [-0.1, -0.05) is 23.2 Å². The number of hydrogen-bond acceptors (Lipinski definition) is 1. The predicted molar refractivity (Wildman–Crippen MR) is 82.6 cm³/mol. The van der Waals surface area contributed by atoms with Crippen molar-refractivity contribution in [1.82, 2.24) is 0 Å². The van der Waals surface area contributed by atoms with Gasteiger partial charge in [0.25, 0.3) is 0 Å². The molecule has 0 bridgehead atoms. The molecule has 0 saturated heterocycles. The highest BCUT2D eigenvalue weighted by Gasteiger charge is 2.14. The van der Waals surface area contributed by atoms with Gasteiger partial charge in [-0.25, -0.2) is 8.78 Å². The molecule has 0 amide bonds. The summed E-state index contributed by atoms with van der Waals surface area (Å²) >= 11 is 15.0. The molecule has 0 heterocycles. The fourth-order valence-electron chi connectivity index (χ4n) is 1.79. The topological polar surface area (TPSA) is 12.0 Å². The fourth-order valence-corrected chi connectivity index (χ4v) is 2.60. The molecule has 2 rings (SSSR count). The van der Waals surface area contributed by atoms with Crippen LogP contribution >= 0.6 is 39.1 Å². The lowest BCUT2D eigenvalue weighted by Crippen LogP contribution is -2.09. The fraction of sp³-hybridized carbons (Fsp3) is 0.143. The van der Waals surface area contributed by atoms with E-state index in [-0.39, 0.29) is 16.2 Å². The second-order valence-electron chi connectivity index (χ2n) is 4.28. The number of rotatable bonds is 3. The molecule has 6 heteroatoms. The highest BCUT2D eigenvalue weighted by Crippen LogP contribution is 2.31. The maximum atomic E-state index is 13.7. The Kier molecular flexibility index (Phi) is 4.89. The monoisotopic (exact) mass is 379 g/mol. The Balaban J connectivity index is 2.30. The van der Waals surface area contributed by atoms with Crippen LogP contribution in [0.3, 0.4) is 0 Å². The lowest BCUT2D eigenvalue weighted by atomic mass is 10.1. The highest BCUT2D eigenvalue weighted by atomic mass is 79.9. The van der Waals surface area contributed by atoms with Crippen molar-refractivity contribution in [2.24, 2.45) is 0 Å². The van der Waals surface area contributed by atoms with Crippen molar-refractivity contribution in [2.75, 3.05) is 5.32 Å². The molecule has 20 heavy (non-hydrogen) atoms. The minimum atomic E-state index is -0.671. The van der Waals surface area contributed by atoms with E-state index in [9.17, 15) is 8.78 Å². The van der Waals surface area contributed by atoms with Crippen LogP contribution in [0.25, 0.3) is 0 Å². The molecule has 0 spiro atoms. The van der Waals surface area contributed by atoms with E-state index in [1.54, 1.807) is 18.2 Å². The van der Waals surface area contributed by atoms with E-state index in [0.29, 0.717) is 10.0 Å². The van der Waals surface area contributed by atoms with Gasteiger partial charge in [-0.3, -0.25) is 0 Å². The molecule has 1 nitrogen and oxygen atoms in total. The Morgan fingerprint density at radius 1 is 1.10 bits per heavy atom. The molecule has 106 valence electrons. The van der Waals surface area contributed by atoms with Crippen molar-refractivity contribution in [3.63, 3.8) is 0 Å². The number of nitrogens with one attached hydrogen (secondary N) is 1. The van der Waals surface area contributed by atoms with Gasteiger partial charge in [0.15, 0.2) is 0 Å². The summed E-state index contributed by atoms with van der Waals surface area (Å²) in [5.41, 5.74) is 0.917. The zero-order valence-corrected chi connectivity index (χ0v) is 13.5. The van der Waals surface area contributed by atoms with E-state index >= 15 is 0 Å². The highest BCUT2D eigenvalue weighted by molar-refractivity contribution is 9.10. The maximum absolute atomic E-state index is 13.7. The number of hydrogen-bond donors (Lipinski definition) is 1. The van der Waals surface area contributed by atoms with E-state index in [1.165, 1.54) is 6.07 Å². The van der Waals surface area contributed by atoms with Crippen LogP contribution < -0.4 is 5.32 Å². The first-order chi connectivity index (χ1) is 9.38. The van der Waals surface area contributed by atoms with Crippen molar-refractivity contribution in [3.8, 4) is 0 Å². The van der Waals surface area contributed by atoms with Crippen LogP contribution in [0.2, 0.25) is 10.0 Å². The summed E-state index contributed by atoms with van der Waals surface area (Å²) in [6.07, 6.45) is 0. The molecule has 0 aliphatic rings. The van der Waals surface area contributed by atoms with Gasteiger partial charge in [-0.15, -0.1) is 0 Å². The van der Waals surface area contributed by atoms with Gasteiger partial charge in [0.1, 0.15) is 11.6 Å². The lowest BCUT2D eigenvalue weighted by Gasteiger charge is -2.18.